The van der Waals surface area contributed by atoms with Crippen LogP contribution in [0.1, 0.15) is 35.9 Å². The van der Waals surface area contributed by atoms with E-state index in [1.165, 1.54) is 18.2 Å². The highest BCUT2D eigenvalue weighted by molar-refractivity contribution is 5.97. The van der Waals surface area contributed by atoms with Crippen molar-refractivity contribution in [2.75, 3.05) is 7.05 Å². The van der Waals surface area contributed by atoms with Gasteiger partial charge in [0.15, 0.2) is 11.6 Å². The number of likely N-dealkylation sites (N-methyl/N-ethyl adjacent to an activating group) is 1. The molecule has 0 aliphatic rings. The van der Waals surface area contributed by atoms with Gasteiger partial charge in [-0.15, -0.1) is 0 Å². The summed E-state index contributed by atoms with van der Waals surface area (Å²) in [7, 11) is 1.87. The Balaban J connectivity index is 1.99. The van der Waals surface area contributed by atoms with Gasteiger partial charge in [0.25, 0.3) is 0 Å². The van der Waals surface area contributed by atoms with Gasteiger partial charge in [0.05, 0.1) is 0 Å². The average Bonchev–Trinajstić information content (AvgIpc) is 2.93. The zero-order valence-electron chi connectivity index (χ0n) is 13.0. The van der Waals surface area contributed by atoms with E-state index in [2.05, 4.69) is 15.5 Å². The van der Waals surface area contributed by atoms with E-state index in [0.717, 1.165) is 0 Å². The van der Waals surface area contributed by atoms with Gasteiger partial charge in [-0.05, 0) is 26.1 Å². The molecule has 1 aromatic carbocycles. The Hall–Kier alpha value is -2.08. The summed E-state index contributed by atoms with van der Waals surface area (Å²) in [5.41, 5.74) is 0.357. The van der Waals surface area contributed by atoms with Gasteiger partial charge in [-0.3, -0.25) is 4.79 Å². The second kappa shape index (κ2) is 7.26. The van der Waals surface area contributed by atoms with Crippen LogP contribution in [-0.4, -0.2) is 29.0 Å². The maximum atomic E-state index is 13.2. The van der Waals surface area contributed by atoms with Crippen molar-refractivity contribution in [3.63, 3.8) is 0 Å². The average molecular weight is 305 g/mol. The summed E-state index contributed by atoms with van der Waals surface area (Å²) < 4.78 is 18.4. The maximum absolute atomic E-state index is 13.2. The highest BCUT2D eigenvalue weighted by Crippen LogP contribution is 2.15. The third kappa shape index (κ3) is 4.21. The number of carbonyl (C=O) groups excluding carboxylic acids is 1. The lowest BCUT2D eigenvalue weighted by atomic mass is 9.96. The molecule has 1 heterocycles. The summed E-state index contributed by atoms with van der Waals surface area (Å²) >= 11 is 0. The van der Waals surface area contributed by atoms with Crippen LogP contribution in [0.4, 0.5) is 4.39 Å². The molecule has 2 atom stereocenters. The van der Waals surface area contributed by atoms with Crippen molar-refractivity contribution in [1.29, 1.82) is 0 Å². The summed E-state index contributed by atoms with van der Waals surface area (Å²) in [6.07, 6.45) is 1.00. The molecule has 6 heteroatoms. The summed E-state index contributed by atoms with van der Waals surface area (Å²) in [4.78, 5) is 16.6. The second-order valence-electron chi connectivity index (χ2n) is 5.48. The van der Waals surface area contributed by atoms with Crippen LogP contribution in [0.25, 0.3) is 0 Å². The van der Waals surface area contributed by atoms with E-state index in [1.54, 1.807) is 13.0 Å². The second-order valence-corrected chi connectivity index (χ2v) is 5.48. The van der Waals surface area contributed by atoms with Crippen LogP contribution in [0.3, 0.4) is 0 Å². The Kier molecular flexibility index (Phi) is 5.38. The van der Waals surface area contributed by atoms with Gasteiger partial charge >= 0.3 is 0 Å². The van der Waals surface area contributed by atoms with Crippen molar-refractivity contribution >= 4 is 5.78 Å². The number of ketones is 1. The van der Waals surface area contributed by atoms with Crippen LogP contribution in [0.5, 0.6) is 0 Å². The van der Waals surface area contributed by atoms with Crippen molar-refractivity contribution in [3.8, 4) is 0 Å². The highest BCUT2D eigenvalue weighted by Gasteiger charge is 2.19. The lowest BCUT2D eigenvalue weighted by molar-refractivity contribution is 0.0923. The Bertz CT molecular complexity index is 642. The SMILES string of the molecule is CNC(C)Cc1noc(CC(C)C(=O)c2cccc(F)c2)n1. The lowest BCUT2D eigenvalue weighted by Gasteiger charge is -2.07. The molecule has 0 amide bonds. The molecule has 0 aliphatic carbocycles. The number of hydrogen-bond donors (Lipinski definition) is 1. The number of Topliss-reactive ketones (excluding diaryl/α,β-unsaturated/α-hetero) is 1. The minimum absolute atomic E-state index is 0.136. The molecule has 22 heavy (non-hydrogen) atoms. The predicted molar refractivity (Wildman–Crippen MR) is 80.1 cm³/mol. The number of nitrogens with zero attached hydrogens (tertiary/aromatic N) is 2. The molecule has 2 aromatic rings. The number of rotatable bonds is 7. The fourth-order valence-electron chi connectivity index (χ4n) is 2.11. The molecule has 0 radical (unpaired) electrons. The quantitative estimate of drug-likeness (QED) is 0.796. The van der Waals surface area contributed by atoms with Crippen LogP contribution >= 0.6 is 0 Å². The number of benzene rings is 1. The van der Waals surface area contributed by atoms with E-state index in [-0.39, 0.29) is 17.7 Å². The van der Waals surface area contributed by atoms with E-state index in [4.69, 9.17) is 4.52 Å². The third-order valence-corrected chi connectivity index (χ3v) is 3.53. The van der Waals surface area contributed by atoms with Gasteiger partial charge in [-0.2, -0.15) is 4.98 Å². The zero-order valence-corrected chi connectivity index (χ0v) is 13.0. The molecule has 0 spiro atoms. The van der Waals surface area contributed by atoms with Crippen molar-refractivity contribution < 1.29 is 13.7 Å². The fourth-order valence-corrected chi connectivity index (χ4v) is 2.11. The topological polar surface area (TPSA) is 68.0 Å². The zero-order chi connectivity index (χ0) is 16.1. The smallest absolute Gasteiger partial charge is 0.227 e. The molecular weight excluding hydrogens is 285 g/mol. The third-order valence-electron chi connectivity index (χ3n) is 3.53. The fraction of sp³-hybridized carbons (Fsp3) is 0.438. The number of aromatic nitrogens is 2. The summed E-state index contributed by atoms with van der Waals surface area (Å²) in [5, 5.41) is 7.00. The summed E-state index contributed by atoms with van der Waals surface area (Å²) in [5.74, 6) is 0.136. The first kappa shape index (κ1) is 16.3. The normalized spacial score (nSPS) is 13.8. The molecule has 0 aliphatic heterocycles. The number of hydrogen-bond acceptors (Lipinski definition) is 5. The minimum atomic E-state index is -0.417. The van der Waals surface area contributed by atoms with E-state index in [9.17, 15) is 9.18 Å². The van der Waals surface area contributed by atoms with Gasteiger partial charge in [0.2, 0.25) is 5.89 Å². The summed E-state index contributed by atoms with van der Waals surface area (Å²) in [6, 6.07) is 5.94. The molecule has 0 saturated carbocycles. The Morgan fingerprint density at radius 2 is 2.14 bits per heavy atom. The molecule has 118 valence electrons. The Morgan fingerprint density at radius 3 is 2.82 bits per heavy atom. The van der Waals surface area contributed by atoms with E-state index >= 15 is 0 Å². The molecule has 1 aromatic heterocycles. The number of carbonyl (C=O) groups is 1. The van der Waals surface area contributed by atoms with Crippen LogP contribution in [0.2, 0.25) is 0 Å². The number of halogens is 1. The largest absolute Gasteiger partial charge is 0.339 e. The molecule has 5 nitrogen and oxygen atoms in total. The van der Waals surface area contributed by atoms with Crippen LogP contribution < -0.4 is 5.32 Å². The van der Waals surface area contributed by atoms with E-state index < -0.39 is 5.82 Å². The standard InChI is InChI=1S/C16H20FN3O2/c1-10(16(21)12-5-4-6-13(17)9-12)7-15-19-14(20-22-15)8-11(2)18-3/h4-6,9-11,18H,7-8H2,1-3H3. The summed E-state index contributed by atoms with van der Waals surface area (Å²) in [6.45, 7) is 3.79. The monoisotopic (exact) mass is 305 g/mol. The predicted octanol–water partition coefficient (Wildman–Crippen LogP) is 2.42. The number of nitrogens with one attached hydrogen (secondary N) is 1. The Morgan fingerprint density at radius 1 is 1.36 bits per heavy atom. The van der Waals surface area contributed by atoms with Crippen LogP contribution in [0, 0.1) is 11.7 Å². The van der Waals surface area contributed by atoms with Gasteiger partial charge in [-0.25, -0.2) is 4.39 Å². The van der Waals surface area contributed by atoms with Crippen LogP contribution in [0.15, 0.2) is 28.8 Å². The van der Waals surface area contributed by atoms with Crippen LogP contribution in [-0.2, 0) is 12.8 Å². The van der Waals surface area contributed by atoms with Crippen molar-refractivity contribution in [1.82, 2.24) is 15.5 Å². The molecule has 0 saturated heterocycles. The minimum Gasteiger partial charge on any atom is -0.339 e. The van der Waals surface area contributed by atoms with Gasteiger partial charge in [0.1, 0.15) is 5.82 Å². The molecular formula is C16H20FN3O2. The lowest BCUT2D eigenvalue weighted by Crippen LogP contribution is -2.24. The van der Waals surface area contributed by atoms with Gasteiger partial charge < -0.3 is 9.84 Å². The van der Waals surface area contributed by atoms with E-state index in [1.807, 2.05) is 14.0 Å². The Labute approximate surface area is 128 Å². The highest BCUT2D eigenvalue weighted by atomic mass is 19.1. The molecule has 2 unspecified atom stereocenters. The first-order chi connectivity index (χ1) is 10.5. The van der Waals surface area contributed by atoms with Gasteiger partial charge in [0, 0.05) is 30.4 Å². The maximum Gasteiger partial charge on any atom is 0.227 e. The molecule has 1 N–H and O–H groups in total. The first-order valence-corrected chi connectivity index (χ1v) is 7.28. The molecule has 0 bridgehead atoms. The van der Waals surface area contributed by atoms with Crippen molar-refractivity contribution in [3.05, 3.63) is 47.4 Å². The molecule has 2 rings (SSSR count). The van der Waals surface area contributed by atoms with Crippen molar-refractivity contribution in [2.45, 2.75) is 32.7 Å². The van der Waals surface area contributed by atoms with Crippen molar-refractivity contribution in [2.24, 2.45) is 5.92 Å². The molecule has 0 fully saturated rings. The van der Waals surface area contributed by atoms with E-state index in [0.29, 0.717) is 30.1 Å². The van der Waals surface area contributed by atoms with Gasteiger partial charge in [-0.1, -0.05) is 24.2 Å². The first-order valence-electron chi connectivity index (χ1n) is 7.28.